The zero-order valence-electron chi connectivity index (χ0n) is 12.2. The molecule has 1 aromatic carbocycles. The minimum absolute atomic E-state index is 0.384. The van der Waals surface area contributed by atoms with Gasteiger partial charge in [-0.2, -0.15) is 0 Å². The third kappa shape index (κ3) is 5.10. The normalized spacial score (nSPS) is 11.7. The average molecular weight is 284 g/mol. The Hall–Kier alpha value is -0.630. The smallest absolute Gasteiger partial charge is 0.305 e. The highest BCUT2D eigenvalue weighted by atomic mass is 31.2. The molecular formula is C15H25O3P. The highest BCUT2D eigenvalue weighted by molar-refractivity contribution is 7.62. The fourth-order valence-electron chi connectivity index (χ4n) is 1.95. The van der Waals surface area contributed by atoms with Gasteiger partial charge in [0.05, 0.1) is 18.5 Å². The minimum atomic E-state index is -3.12. The van der Waals surface area contributed by atoms with Crippen molar-refractivity contribution in [2.75, 3.05) is 13.2 Å². The average Bonchev–Trinajstić information content (AvgIpc) is 2.40. The molecule has 0 fully saturated rings. The van der Waals surface area contributed by atoms with Crippen LogP contribution in [0, 0.1) is 0 Å². The topological polar surface area (TPSA) is 35.5 Å². The van der Waals surface area contributed by atoms with E-state index >= 15 is 0 Å². The van der Waals surface area contributed by atoms with Gasteiger partial charge in [0.15, 0.2) is 0 Å². The van der Waals surface area contributed by atoms with Crippen molar-refractivity contribution in [3.05, 3.63) is 29.8 Å². The quantitative estimate of drug-likeness (QED) is 0.500. The predicted octanol–water partition coefficient (Wildman–Crippen LogP) is 4.31. The molecule has 0 N–H and O–H groups in total. The van der Waals surface area contributed by atoms with Crippen molar-refractivity contribution in [3.63, 3.8) is 0 Å². The largest absolute Gasteiger partial charge is 0.361 e. The van der Waals surface area contributed by atoms with E-state index in [2.05, 4.69) is 6.92 Å². The van der Waals surface area contributed by atoms with Crippen LogP contribution in [0.3, 0.4) is 0 Å². The summed E-state index contributed by atoms with van der Waals surface area (Å²) in [5.74, 6) is 0. The molecule has 0 aliphatic rings. The van der Waals surface area contributed by atoms with Gasteiger partial charge in [-0.3, -0.25) is 4.57 Å². The van der Waals surface area contributed by atoms with Gasteiger partial charge in [-0.25, -0.2) is 0 Å². The van der Waals surface area contributed by atoms with Gasteiger partial charge < -0.3 is 9.05 Å². The van der Waals surface area contributed by atoms with Crippen LogP contribution < -0.4 is 5.30 Å². The van der Waals surface area contributed by atoms with Crippen LogP contribution in [0.1, 0.15) is 45.6 Å². The van der Waals surface area contributed by atoms with Gasteiger partial charge in [-0.15, -0.1) is 0 Å². The van der Waals surface area contributed by atoms with Gasteiger partial charge in [0.25, 0.3) is 0 Å². The predicted molar refractivity (Wildman–Crippen MR) is 80.2 cm³/mol. The zero-order chi connectivity index (χ0) is 14.1. The van der Waals surface area contributed by atoms with Gasteiger partial charge in [0.1, 0.15) is 0 Å². The molecule has 1 aromatic rings. The Morgan fingerprint density at radius 1 is 0.947 bits per heavy atom. The SMILES string of the molecule is CCCCCc1ccc(P(=O)(OCC)OCC)cc1. The molecule has 4 heteroatoms. The standard InChI is InChI=1S/C15H25O3P/c1-4-7-8-9-14-10-12-15(13-11-14)19(16,17-5-2)18-6-3/h10-13H,4-9H2,1-3H3. The van der Waals surface area contributed by atoms with Gasteiger partial charge >= 0.3 is 7.60 Å². The van der Waals surface area contributed by atoms with Crippen LogP contribution in [-0.4, -0.2) is 13.2 Å². The van der Waals surface area contributed by atoms with Crippen molar-refractivity contribution in [2.45, 2.75) is 46.5 Å². The first-order valence-electron chi connectivity index (χ1n) is 7.14. The Morgan fingerprint density at radius 3 is 2.00 bits per heavy atom. The molecule has 0 saturated carbocycles. The highest BCUT2D eigenvalue weighted by Crippen LogP contribution is 2.46. The Kier molecular flexibility index (Phi) is 7.37. The summed E-state index contributed by atoms with van der Waals surface area (Å²) in [6, 6.07) is 7.78. The van der Waals surface area contributed by atoms with Crippen LogP contribution in [-0.2, 0) is 20.0 Å². The van der Waals surface area contributed by atoms with E-state index in [-0.39, 0.29) is 0 Å². The van der Waals surface area contributed by atoms with Crippen LogP contribution in [0.5, 0.6) is 0 Å². The number of unbranched alkanes of at least 4 members (excludes halogenated alkanes) is 2. The molecule has 3 nitrogen and oxygen atoms in total. The van der Waals surface area contributed by atoms with Crippen molar-refractivity contribution in [3.8, 4) is 0 Å². The maximum absolute atomic E-state index is 12.5. The number of hydrogen-bond donors (Lipinski definition) is 0. The second-order valence-corrected chi connectivity index (χ2v) is 6.48. The molecule has 108 valence electrons. The Morgan fingerprint density at radius 2 is 1.53 bits per heavy atom. The number of benzene rings is 1. The summed E-state index contributed by atoms with van der Waals surface area (Å²) in [6.45, 7) is 6.62. The molecule has 0 spiro atoms. The fourth-order valence-corrected chi connectivity index (χ4v) is 3.52. The first kappa shape index (κ1) is 16.4. The maximum atomic E-state index is 12.5. The number of hydrogen-bond acceptors (Lipinski definition) is 3. The molecule has 0 aliphatic carbocycles. The van der Waals surface area contributed by atoms with Crippen LogP contribution in [0.4, 0.5) is 0 Å². The second kappa shape index (κ2) is 8.52. The summed E-state index contributed by atoms with van der Waals surface area (Å²) in [7, 11) is -3.12. The third-order valence-electron chi connectivity index (χ3n) is 2.92. The Bertz CT molecular complexity index is 390. The summed E-state index contributed by atoms with van der Waals surface area (Å²) >= 11 is 0. The van der Waals surface area contributed by atoms with Crippen molar-refractivity contribution in [2.24, 2.45) is 0 Å². The van der Waals surface area contributed by atoms with Gasteiger partial charge in [0, 0.05) is 0 Å². The lowest BCUT2D eigenvalue weighted by atomic mass is 10.1. The summed E-state index contributed by atoms with van der Waals surface area (Å²) < 4.78 is 23.2. The van der Waals surface area contributed by atoms with Crippen LogP contribution >= 0.6 is 7.60 Å². The van der Waals surface area contributed by atoms with Gasteiger partial charge in [0.2, 0.25) is 0 Å². The van der Waals surface area contributed by atoms with Crippen molar-refractivity contribution < 1.29 is 13.6 Å². The molecule has 0 unspecified atom stereocenters. The van der Waals surface area contributed by atoms with Gasteiger partial charge in [-0.1, -0.05) is 31.9 Å². The second-order valence-electron chi connectivity index (χ2n) is 4.46. The maximum Gasteiger partial charge on any atom is 0.361 e. The zero-order valence-corrected chi connectivity index (χ0v) is 13.1. The lowest BCUT2D eigenvalue weighted by Crippen LogP contribution is -2.10. The number of rotatable bonds is 9. The lowest BCUT2D eigenvalue weighted by molar-refractivity contribution is 0.230. The van der Waals surface area contributed by atoms with Crippen molar-refractivity contribution >= 4 is 12.9 Å². The Balaban J connectivity index is 2.75. The lowest BCUT2D eigenvalue weighted by Gasteiger charge is -2.17. The highest BCUT2D eigenvalue weighted by Gasteiger charge is 2.26. The van der Waals surface area contributed by atoms with Crippen LogP contribution in [0.15, 0.2) is 24.3 Å². The van der Waals surface area contributed by atoms with E-state index in [0.29, 0.717) is 18.5 Å². The molecule has 0 radical (unpaired) electrons. The molecule has 1 rings (SSSR count). The van der Waals surface area contributed by atoms with E-state index in [1.54, 1.807) is 0 Å². The van der Waals surface area contributed by atoms with E-state index in [4.69, 9.17) is 9.05 Å². The first-order valence-corrected chi connectivity index (χ1v) is 8.69. The molecule has 0 atom stereocenters. The minimum Gasteiger partial charge on any atom is -0.305 e. The molecule has 0 aromatic heterocycles. The molecule has 0 amide bonds. The van der Waals surface area contributed by atoms with E-state index in [1.807, 2.05) is 38.1 Å². The third-order valence-corrected chi connectivity index (χ3v) is 5.05. The molecule has 19 heavy (non-hydrogen) atoms. The van der Waals surface area contributed by atoms with E-state index in [1.165, 1.54) is 24.8 Å². The van der Waals surface area contributed by atoms with Crippen LogP contribution in [0.25, 0.3) is 0 Å². The van der Waals surface area contributed by atoms with Crippen molar-refractivity contribution in [1.29, 1.82) is 0 Å². The van der Waals surface area contributed by atoms with E-state index in [9.17, 15) is 4.57 Å². The molecule has 0 bridgehead atoms. The molecule has 0 saturated heterocycles. The number of aryl methyl sites for hydroxylation is 1. The summed E-state index contributed by atoms with van der Waals surface area (Å²) in [5.41, 5.74) is 1.27. The van der Waals surface area contributed by atoms with E-state index < -0.39 is 7.60 Å². The molecule has 0 heterocycles. The van der Waals surface area contributed by atoms with Gasteiger partial charge in [-0.05, 0) is 44.4 Å². The monoisotopic (exact) mass is 284 g/mol. The molecular weight excluding hydrogens is 259 g/mol. The van der Waals surface area contributed by atoms with Crippen LogP contribution in [0.2, 0.25) is 0 Å². The first-order chi connectivity index (χ1) is 9.16. The summed E-state index contributed by atoms with van der Waals surface area (Å²) in [4.78, 5) is 0. The van der Waals surface area contributed by atoms with E-state index in [0.717, 1.165) is 6.42 Å². The summed E-state index contributed by atoms with van der Waals surface area (Å²) in [6.07, 6.45) is 4.74. The molecule has 0 aliphatic heterocycles. The van der Waals surface area contributed by atoms with Crippen molar-refractivity contribution in [1.82, 2.24) is 0 Å². The summed E-state index contributed by atoms with van der Waals surface area (Å²) in [5, 5.41) is 0.649. The fraction of sp³-hybridized carbons (Fsp3) is 0.600. The Labute approximate surface area is 116 Å².